The van der Waals surface area contributed by atoms with E-state index in [1.807, 2.05) is 0 Å². The molecule has 1 aliphatic heterocycles. The first-order valence-electron chi connectivity index (χ1n) is 8.28. The average Bonchev–Trinajstić information content (AvgIpc) is 3.05. The monoisotopic (exact) mass is 348 g/mol. The molecule has 0 radical (unpaired) electrons. The van der Waals surface area contributed by atoms with Gasteiger partial charge in [0, 0.05) is 19.6 Å². The van der Waals surface area contributed by atoms with E-state index < -0.39 is 0 Å². The van der Waals surface area contributed by atoms with Crippen molar-refractivity contribution in [1.82, 2.24) is 20.4 Å². The third-order valence-corrected chi connectivity index (χ3v) is 4.03. The lowest BCUT2D eigenvalue weighted by molar-refractivity contribution is -0.0103. The molecule has 1 unspecified atom stereocenters. The van der Waals surface area contributed by atoms with Gasteiger partial charge in [-0.3, -0.25) is 0 Å². The van der Waals surface area contributed by atoms with Crippen molar-refractivity contribution < 1.29 is 18.4 Å². The molecule has 2 aromatic rings. The summed E-state index contributed by atoms with van der Waals surface area (Å²) < 4.78 is 23.7. The topological polar surface area (TPSA) is 80.5 Å². The van der Waals surface area contributed by atoms with Gasteiger partial charge in [-0.15, -0.1) is 0 Å². The minimum Gasteiger partial charge on any atom is -0.367 e. The minimum absolute atomic E-state index is 0.0578. The number of likely N-dealkylation sites (tertiary alicyclic amines) is 1. The molecule has 1 aromatic carbocycles. The summed E-state index contributed by atoms with van der Waals surface area (Å²) in [4.78, 5) is 18.1. The Kier molecular flexibility index (Phi) is 5.60. The van der Waals surface area contributed by atoms with Crippen LogP contribution in [0.4, 0.5) is 9.18 Å². The van der Waals surface area contributed by atoms with Crippen molar-refractivity contribution in [3.63, 3.8) is 0 Å². The molecule has 134 valence electrons. The van der Waals surface area contributed by atoms with Crippen LogP contribution in [0.5, 0.6) is 0 Å². The molecule has 0 aliphatic carbocycles. The number of hydrogen-bond acceptors (Lipinski definition) is 5. The summed E-state index contributed by atoms with van der Waals surface area (Å²) in [5.74, 6) is 0.724. The molecule has 2 amide bonds. The van der Waals surface area contributed by atoms with Gasteiger partial charge in [0.15, 0.2) is 5.82 Å². The molecule has 1 aromatic heterocycles. The van der Waals surface area contributed by atoms with Gasteiger partial charge in [0.05, 0.1) is 6.10 Å². The molecule has 25 heavy (non-hydrogen) atoms. The predicted octanol–water partition coefficient (Wildman–Crippen LogP) is 2.41. The van der Waals surface area contributed by atoms with Gasteiger partial charge in [-0.2, -0.15) is 4.98 Å². The van der Waals surface area contributed by atoms with Gasteiger partial charge >= 0.3 is 6.03 Å². The molecule has 0 bridgehead atoms. The maximum Gasteiger partial charge on any atom is 0.317 e. The van der Waals surface area contributed by atoms with Crippen molar-refractivity contribution in [2.45, 2.75) is 39.0 Å². The normalized spacial score (nSPS) is 17.5. The number of benzene rings is 1. The average molecular weight is 348 g/mol. The lowest BCUT2D eigenvalue weighted by Gasteiger charge is -2.32. The molecule has 2 heterocycles. The van der Waals surface area contributed by atoms with Crippen LogP contribution in [0.3, 0.4) is 0 Å². The fourth-order valence-corrected chi connectivity index (χ4v) is 2.74. The van der Waals surface area contributed by atoms with Crippen LogP contribution in [0.1, 0.15) is 30.1 Å². The lowest BCUT2D eigenvalue weighted by Crippen LogP contribution is -2.47. The second-order valence-corrected chi connectivity index (χ2v) is 6.04. The van der Waals surface area contributed by atoms with Crippen molar-refractivity contribution in [2.24, 2.45) is 0 Å². The number of rotatable bonds is 5. The second-order valence-electron chi connectivity index (χ2n) is 6.04. The number of piperidine rings is 1. The number of carbonyl (C=O) groups excluding carboxylic acids is 1. The summed E-state index contributed by atoms with van der Waals surface area (Å²) in [5, 5.41) is 6.57. The molecule has 1 fully saturated rings. The number of nitrogens with one attached hydrogen (secondary N) is 1. The van der Waals surface area contributed by atoms with Gasteiger partial charge in [0.1, 0.15) is 12.4 Å². The Labute approximate surface area is 145 Å². The van der Waals surface area contributed by atoms with E-state index in [1.165, 1.54) is 12.1 Å². The first-order valence-corrected chi connectivity index (χ1v) is 8.28. The molecule has 7 nitrogen and oxygen atoms in total. The van der Waals surface area contributed by atoms with E-state index >= 15 is 0 Å². The standard InChI is InChI=1S/C17H21FN4O3/c1-12-20-16(25-21-12)11-24-15-3-2-8-22(10-15)17(23)19-9-13-4-6-14(18)7-5-13/h4-7,15H,2-3,8-11H2,1H3,(H,19,23). The fourth-order valence-electron chi connectivity index (χ4n) is 2.74. The van der Waals surface area contributed by atoms with Crippen LogP contribution in [0.25, 0.3) is 0 Å². The second kappa shape index (κ2) is 8.06. The van der Waals surface area contributed by atoms with Crippen molar-refractivity contribution in [3.8, 4) is 0 Å². The highest BCUT2D eigenvalue weighted by Crippen LogP contribution is 2.15. The minimum atomic E-state index is -0.289. The van der Waals surface area contributed by atoms with E-state index in [-0.39, 0.29) is 24.6 Å². The summed E-state index contributed by atoms with van der Waals surface area (Å²) in [6, 6.07) is 5.93. The van der Waals surface area contributed by atoms with E-state index in [0.29, 0.717) is 31.3 Å². The Balaban J connectivity index is 1.45. The van der Waals surface area contributed by atoms with Crippen molar-refractivity contribution in [2.75, 3.05) is 13.1 Å². The zero-order valence-corrected chi connectivity index (χ0v) is 14.1. The van der Waals surface area contributed by atoms with Gasteiger partial charge in [-0.1, -0.05) is 17.3 Å². The lowest BCUT2D eigenvalue weighted by atomic mass is 10.1. The molecule has 1 atom stereocenters. The van der Waals surface area contributed by atoms with E-state index in [4.69, 9.17) is 9.26 Å². The SMILES string of the molecule is Cc1noc(COC2CCCN(C(=O)NCc3ccc(F)cc3)C2)n1. The van der Waals surface area contributed by atoms with E-state index in [9.17, 15) is 9.18 Å². The molecule has 8 heteroatoms. The highest BCUT2D eigenvalue weighted by molar-refractivity contribution is 5.74. The maximum absolute atomic E-state index is 12.9. The van der Waals surface area contributed by atoms with Crippen LogP contribution in [-0.4, -0.2) is 40.3 Å². The van der Waals surface area contributed by atoms with E-state index in [1.54, 1.807) is 24.0 Å². The van der Waals surface area contributed by atoms with Crippen molar-refractivity contribution in [1.29, 1.82) is 0 Å². The van der Waals surface area contributed by atoms with Gasteiger partial charge in [-0.05, 0) is 37.5 Å². The quantitative estimate of drug-likeness (QED) is 0.897. The number of aromatic nitrogens is 2. The Hall–Kier alpha value is -2.48. The Morgan fingerprint density at radius 2 is 2.24 bits per heavy atom. The molecule has 0 saturated carbocycles. The van der Waals surface area contributed by atoms with Crippen LogP contribution < -0.4 is 5.32 Å². The number of ether oxygens (including phenoxy) is 1. The highest BCUT2D eigenvalue weighted by Gasteiger charge is 2.24. The maximum atomic E-state index is 12.9. The number of carbonyl (C=O) groups is 1. The number of hydrogen-bond donors (Lipinski definition) is 1. The summed E-state index contributed by atoms with van der Waals surface area (Å²) in [6.07, 6.45) is 1.70. The van der Waals surface area contributed by atoms with Crippen LogP contribution in [0, 0.1) is 12.7 Å². The van der Waals surface area contributed by atoms with Gasteiger partial charge < -0.3 is 19.5 Å². The van der Waals surface area contributed by atoms with E-state index in [0.717, 1.165) is 18.4 Å². The summed E-state index contributed by atoms with van der Waals surface area (Å²) in [6.45, 7) is 3.57. The number of halogens is 1. The number of urea groups is 1. The zero-order valence-electron chi connectivity index (χ0n) is 14.1. The predicted molar refractivity (Wildman–Crippen MR) is 87.1 cm³/mol. The highest BCUT2D eigenvalue weighted by atomic mass is 19.1. The first-order chi connectivity index (χ1) is 12.1. The number of aryl methyl sites for hydroxylation is 1. The van der Waals surface area contributed by atoms with Crippen molar-refractivity contribution >= 4 is 6.03 Å². The van der Waals surface area contributed by atoms with E-state index in [2.05, 4.69) is 15.5 Å². The van der Waals surface area contributed by atoms with Gasteiger partial charge in [0.2, 0.25) is 0 Å². The Bertz CT molecular complexity index is 704. The molecular weight excluding hydrogens is 327 g/mol. The van der Waals surface area contributed by atoms with Crippen LogP contribution in [0.15, 0.2) is 28.8 Å². The molecule has 0 spiro atoms. The molecule has 1 N–H and O–H groups in total. The Morgan fingerprint density at radius 3 is 2.96 bits per heavy atom. The Morgan fingerprint density at radius 1 is 1.44 bits per heavy atom. The van der Waals surface area contributed by atoms with Crippen molar-refractivity contribution in [3.05, 3.63) is 47.4 Å². The summed E-state index contributed by atoms with van der Waals surface area (Å²) in [7, 11) is 0. The van der Waals surface area contributed by atoms with Crippen LogP contribution >= 0.6 is 0 Å². The summed E-state index contributed by atoms with van der Waals surface area (Å²) >= 11 is 0. The molecular formula is C17H21FN4O3. The molecule has 3 rings (SSSR count). The van der Waals surface area contributed by atoms with Gasteiger partial charge in [-0.25, -0.2) is 9.18 Å². The third kappa shape index (κ3) is 4.99. The summed E-state index contributed by atoms with van der Waals surface area (Å²) in [5.41, 5.74) is 0.853. The van der Waals surface area contributed by atoms with Crippen LogP contribution in [0.2, 0.25) is 0 Å². The first kappa shape index (κ1) is 17.3. The van der Waals surface area contributed by atoms with Gasteiger partial charge in [0.25, 0.3) is 5.89 Å². The number of nitrogens with zero attached hydrogens (tertiary/aromatic N) is 3. The zero-order chi connectivity index (χ0) is 17.6. The smallest absolute Gasteiger partial charge is 0.317 e. The largest absolute Gasteiger partial charge is 0.367 e. The molecule has 1 aliphatic rings. The number of amides is 2. The fraction of sp³-hybridized carbons (Fsp3) is 0.471. The molecule has 1 saturated heterocycles. The third-order valence-electron chi connectivity index (χ3n) is 4.03. The van der Waals surface area contributed by atoms with Crippen LogP contribution in [-0.2, 0) is 17.9 Å².